The van der Waals surface area contributed by atoms with E-state index in [-0.39, 0.29) is 0 Å². The molecule has 0 aliphatic heterocycles. The third-order valence-corrected chi connectivity index (χ3v) is 10.5. The molecule has 0 saturated carbocycles. The van der Waals surface area contributed by atoms with Crippen molar-refractivity contribution >= 4 is 49.8 Å². The summed E-state index contributed by atoms with van der Waals surface area (Å²) in [5.74, 6) is 0. The normalized spacial score (nSPS) is 11.3. The number of benzene rings is 9. The second kappa shape index (κ2) is 13.4. The summed E-state index contributed by atoms with van der Waals surface area (Å²) in [5, 5.41) is 4.74. The smallest absolute Gasteiger partial charge is 0.143 e. The van der Waals surface area contributed by atoms with Gasteiger partial charge < -0.3 is 9.32 Å². The molecule has 10 rings (SSSR count). The van der Waals surface area contributed by atoms with Gasteiger partial charge in [0.2, 0.25) is 0 Å². The van der Waals surface area contributed by atoms with Crippen LogP contribution in [0.5, 0.6) is 0 Å². The first-order chi connectivity index (χ1) is 26.8. The summed E-state index contributed by atoms with van der Waals surface area (Å²) in [6.45, 7) is 0. The fraction of sp³-hybridized carbons (Fsp3) is 0. The van der Waals surface area contributed by atoms with E-state index in [1.165, 1.54) is 33.0 Å². The number of nitrogens with zero attached hydrogens (tertiary/aromatic N) is 1. The Morgan fingerprint density at radius 1 is 0.296 bits per heavy atom. The zero-order valence-corrected chi connectivity index (χ0v) is 29.6. The van der Waals surface area contributed by atoms with Crippen LogP contribution >= 0.6 is 0 Å². The van der Waals surface area contributed by atoms with Crippen LogP contribution in [0.25, 0.3) is 77.2 Å². The molecule has 2 heteroatoms. The van der Waals surface area contributed by atoms with Crippen molar-refractivity contribution in [3.05, 3.63) is 212 Å². The average molecular weight is 690 g/mol. The van der Waals surface area contributed by atoms with Crippen molar-refractivity contribution in [2.45, 2.75) is 0 Å². The minimum absolute atomic E-state index is 0.898. The Bertz CT molecular complexity index is 2910. The number of hydrogen-bond acceptors (Lipinski definition) is 2. The Morgan fingerprint density at radius 3 is 1.59 bits per heavy atom. The van der Waals surface area contributed by atoms with Gasteiger partial charge in [0.15, 0.2) is 0 Å². The molecule has 0 aliphatic rings. The van der Waals surface area contributed by atoms with Crippen LogP contribution in [-0.2, 0) is 0 Å². The lowest BCUT2D eigenvalue weighted by atomic mass is 9.92. The summed E-state index contributed by atoms with van der Waals surface area (Å²) in [6.07, 6.45) is 0. The number of rotatable bonds is 7. The van der Waals surface area contributed by atoms with Crippen molar-refractivity contribution < 1.29 is 4.42 Å². The van der Waals surface area contributed by atoms with Crippen molar-refractivity contribution in [3.63, 3.8) is 0 Å². The minimum atomic E-state index is 0.898. The van der Waals surface area contributed by atoms with E-state index in [1.54, 1.807) is 0 Å². The van der Waals surface area contributed by atoms with Crippen molar-refractivity contribution in [3.8, 4) is 44.5 Å². The summed E-state index contributed by atoms with van der Waals surface area (Å²) in [6, 6.07) is 75.9. The zero-order valence-electron chi connectivity index (χ0n) is 29.6. The number of hydrogen-bond donors (Lipinski definition) is 0. The van der Waals surface area contributed by atoms with Gasteiger partial charge in [0.1, 0.15) is 11.2 Å². The van der Waals surface area contributed by atoms with Crippen LogP contribution in [0.15, 0.2) is 217 Å². The second-order valence-electron chi connectivity index (χ2n) is 13.7. The molecule has 1 aromatic heterocycles. The highest BCUT2D eigenvalue weighted by Crippen LogP contribution is 2.44. The molecule has 0 atom stereocenters. The van der Waals surface area contributed by atoms with Gasteiger partial charge in [-0.15, -0.1) is 0 Å². The molecule has 0 bridgehead atoms. The lowest BCUT2D eigenvalue weighted by Gasteiger charge is -2.27. The van der Waals surface area contributed by atoms with Gasteiger partial charge in [-0.2, -0.15) is 0 Å². The van der Waals surface area contributed by atoms with E-state index >= 15 is 0 Å². The fourth-order valence-electron chi connectivity index (χ4n) is 7.77. The summed E-state index contributed by atoms with van der Waals surface area (Å²) >= 11 is 0. The second-order valence-corrected chi connectivity index (χ2v) is 13.7. The summed E-state index contributed by atoms with van der Waals surface area (Å²) in [4.78, 5) is 2.36. The largest absolute Gasteiger partial charge is 0.455 e. The van der Waals surface area contributed by atoms with Crippen LogP contribution in [0, 0.1) is 0 Å². The molecule has 0 fully saturated rings. The summed E-state index contributed by atoms with van der Waals surface area (Å²) in [7, 11) is 0. The minimum Gasteiger partial charge on any atom is -0.455 e. The Balaban J connectivity index is 1.13. The quantitative estimate of drug-likeness (QED) is 0.166. The standard InChI is InChI=1S/C52H35NO/c1-3-12-36(13-4-1)38-24-28-43(29-25-38)53(44-30-26-39(27-31-44)42-23-22-37-14-7-8-17-41(37)34-42)45-32-33-46(50(35-45)40-15-5-2-6-16-40)48-19-11-20-49-47-18-9-10-21-51(47)54-52(48)49/h1-35H. The highest BCUT2D eigenvalue weighted by atomic mass is 16.3. The first-order valence-electron chi connectivity index (χ1n) is 18.4. The lowest BCUT2D eigenvalue weighted by molar-refractivity contribution is 0.670. The van der Waals surface area contributed by atoms with E-state index in [1.807, 2.05) is 12.1 Å². The van der Waals surface area contributed by atoms with Crippen molar-refractivity contribution in [2.75, 3.05) is 4.90 Å². The van der Waals surface area contributed by atoms with Gasteiger partial charge in [0, 0.05) is 33.4 Å². The number of fused-ring (bicyclic) bond motifs is 4. The molecule has 254 valence electrons. The Morgan fingerprint density at radius 2 is 0.852 bits per heavy atom. The van der Waals surface area contributed by atoms with E-state index in [2.05, 4.69) is 205 Å². The maximum absolute atomic E-state index is 6.55. The molecular formula is C52H35NO. The van der Waals surface area contributed by atoms with Crippen LogP contribution in [0.4, 0.5) is 17.1 Å². The van der Waals surface area contributed by atoms with E-state index in [0.29, 0.717) is 0 Å². The molecule has 0 saturated heterocycles. The molecule has 0 aliphatic carbocycles. The zero-order chi connectivity index (χ0) is 35.8. The van der Waals surface area contributed by atoms with Crippen molar-refractivity contribution in [1.82, 2.24) is 0 Å². The van der Waals surface area contributed by atoms with E-state index < -0.39 is 0 Å². The van der Waals surface area contributed by atoms with Gasteiger partial charge in [-0.05, 0) is 98.2 Å². The highest BCUT2D eigenvalue weighted by Gasteiger charge is 2.19. The molecule has 2 nitrogen and oxygen atoms in total. The molecule has 0 N–H and O–H groups in total. The van der Waals surface area contributed by atoms with E-state index in [0.717, 1.165) is 61.3 Å². The molecule has 0 unspecified atom stereocenters. The van der Waals surface area contributed by atoms with Crippen molar-refractivity contribution in [2.24, 2.45) is 0 Å². The summed E-state index contributed by atoms with van der Waals surface area (Å²) < 4.78 is 6.55. The van der Waals surface area contributed by atoms with Crippen LogP contribution in [0.2, 0.25) is 0 Å². The Labute approximate surface area is 314 Å². The maximum Gasteiger partial charge on any atom is 0.143 e. The molecule has 0 amide bonds. The highest BCUT2D eigenvalue weighted by molar-refractivity contribution is 6.10. The average Bonchev–Trinajstić information content (AvgIpc) is 3.64. The third kappa shape index (κ3) is 5.71. The van der Waals surface area contributed by atoms with Crippen LogP contribution < -0.4 is 4.90 Å². The van der Waals surface area contributed by atoms with Gasteiger partial charge >= 0.3 is 0 Å². The lowest BCUT2D eigenvalue weighted by Crippen LogP contribution is -2.10. The maximum atomic E-state index is 6.55. The molecule has 0 radical (unpaired) electrons. The predicted octanol–water partition coefficient (Wildman–Crippen LogP) is 14.9. The van der Waals surface area contributed by atoms with Gasteiger partial charge in [-0.3, -0.25) is 0 Å². The molecule has 1 heterocycles. The van der Waals surface area contributed by atoms with Crippen LogP contribution in [0.1, 0.15) is 0 Å². The van der Waals surface area contributed by atoms with E-state index in [9.17, 15) is 0 Å². The Hall–Kier alpha value is -7.16. The van der Waals surface area contributed by atoms with Crippen LogP contribution in [-0.4, -0.2) is 0 Å². The summed E-state index contributed by atoms with van der Waals surface area (Å²) in [5.41, 5.74) is 14.3. The third-order valence-electron chi connectivity index (χ3n) is 10.5. The molecule has 0 spiro atoms. The van der Waals surface area contributed by atoms with Crippen LogP contribution in [0.3, 0.4) is 0 Å². The first kappa shape index (κ1) is 31.6. The predicted molar refractivity (Wildman–Crippen MR) is 228 cm³/mol. The van der Waals surface area contributed by atoms with Gasteiger partial charge in [-0.1, -0.05) is 164 Å². The monoisotopic (exact) mass is 689 g/mol. The number of furan rings is 1. The number of anilines is 3. The van der Waals surface area contributed by atoms with Gasteiger partial charge in [0.05, 0.1) is 0 Å². The van der Waals surface area contributed by atoms with Gasteiger partial charge in [0.25, 0.3) is 0 Å². The molecular weight excluding hydrogens is 655 g/mol. The molecule has 9 aromatic carbocycles. The Kier molecular flexibility index (Phi) is 7.85. The van der Waals surface area contributed by atoms with Crippen molar-refractivity contribution in [1.29, 1.82) is 0 Å². The molecule has 54 heavy (non-hydrogen) atoms. The molecule has 10 aromatic rings. The first-order valence-corrected chi connectivity index (χ1v) is 18.4. The number of para-hydroxylation sites is 2. The topological polar surface area (TPSA) is 16.4 Å². The van der Waals surface area contributed by atoms with Gasteiger partial charge in [-0.25, -0.2) is 0 Å². The fourth-order valence-corrected chi connectivity index (χ4v) is 7.77. The van der Waals surface area contributed by atoms with E-state index in [4.69, 9.17) is 4.42 Å². The SMILES string of the molecule is c1ccc(-c2ccc(N(c3ccc(-c4ccc5ccccc5c4)cc3)c3ccc(-c4cccc5c4oc4ccccc45)c(-c4ccccc4)c3)cc2)cc1.